The largest absolute Gasteiger partial charge is 0.302 e. The van der Waals surface area contributed by atoms with Gasteiger partial charge in [-0.1, -0.05) is 54.6 Å². The minimum Gasteiger partial charge on any atom is -0.302 e. The Morgan fingerprint density at radius 2 is 1.61 bits per heavy atom. The Hall–Kier alpha value is -2.40. The van der Waals surface area contributed by atoms with Gasteiger partial charge >= 0.3 is 0 Å². The lowest BCUT2D eigenvalue weighted by atomic mass is 9.92. The van der Waals surface area contributed by atoms with Crippen LogP contribution < -0.4 is 0 Å². The minimum absolute atomic E-state index is 0.234. The molecule has 0 aromatic heterocycles. The summed E-state index contributed by atoms with van der Waals surface area (Å²) in [5.41, 5.74) is 2.91. The van der Waals surface area contributed by atoms with Crippen LogP contribution in [-0.4, -0.2) is 6.29 Å². The van der Waals surface area contributed by atoms with E-state index in [0.717, 1.165) is 23.0 Å². The molecule has 2 nitrogen and oxygen atoms in total. The van der Waals surface area contributed by atoms with Gasteiger partial charge in [-0.3, -0.25) is 0 Å². The first kappa shape index (κ1) is 12.1. The molecule has 2 aromatic rings. The van der Waals surface area contributed by atoms with Crippen molar-refractivity contribution in [1.29, 1.82) is 5.26 Å². The molecule has 0 saturated heterocycles. The number of nitriles is 1. The normalized spacial score (nSPS) is 11.5. The molecule has 1 atom stereocenters. The van der Waals surface area contributed by atoms with Gasteiger partial charge < -0.3 is 4.79 Å². The molecule has 0 aliphatic rings. The third kappa shape index (κ3) is 2.64. The highest BCUT2D eigenvalue weighted by atomic mass is 16.1. The van der Waals surface area contributed by atoms with Gasteiger partial charge in [-0.2, -0.15) is 5.26 Å². The summed E-state index contributed by atoms with van der Waals surface area (Å²) < 4.78 is 0. The number of benzene rings is 2. The smallest absolute Gasteiger partial charge is 0.131 e. The molecule has 0 saturated carbocycles. The highest BCUT2D eigenvalue weighted by molar-refractivity contribution is 5.68. The molecule has 88 valence electrons. The van der Waals surface area contributed by atoms with Gasteiger partial charge in [-0.15, -0.1) is 0 Å². The maximum absolute atomic E-state index is 11.3. The molecule has 2 heteroatoms. The van der Waals surface area contributed by atoms with E-state index in [1.807, 2.05) is 54.6 Å². The Morgan fingerprint density at radius 3 is 2.17 bits per heavy atom. The summed E-state index contributed by atoms with van der Waals surface area (Å²) >= 11 is 0. The third-order valence-electron chi connectivity index (χ3n) is 2.92. The molecule has 0 heterocycles. The second-order valence-electron chi connectivity index (χ2n) is 4.10. The van der Waals surface area contributed by atoms with Crippen molar-refractivity contribution in [3.05, 3.63) is 71.3 Å². The average Bonchev–Trinajstić information content (AvgIpc) is 2.43. The Labute approximate surface area is 107 Å². The van der Waals surface area contributed by atoms with Gasteiger partial charge in [0.25, 0.3) is 0 Å². The molecule has 0 fully saturated rings. The van der Waals surface area contributed by atoms with Crippen molar-refractivity contribution in [2.45, 2.75) is 12.3 Å². The summed E-state index contributed by atoms with van der Waals surface area (Å²) in [6.45, 7) is 0. The molecule has 0 aliphatic carbocycles. The molecule has 0 radical (unpaired) electrons. The van der Waals surface area contributed by atoms with Gasteiger partial charge in [0.1, 0.15) is 6.29 Å². The SMILES string of the molecule is N#CCc1ccc(C(C=O)c2ccccc2)cc1. The van der Waals surface area contributed by atoms with Crippen LogP contribution >= 0.6 is 0 Å². The summed E-state index contributed by atoms with van der Waals surface area (Å²) in [6, 6.07) is 19.4. The molecule has 2 rings (SSSR count). The number of aldehydes is 1. The molecular formula is C16H13NO. The second-order valence-corrected chi connectivity index (χ2v) is 4.10. The molecule has 0 amide bonds. The van der Waals surface area contributed by atoms with Crippen molar-refractivity contribution in [2.75, 3.05) is 0 Å². The Morgan fingerprint density at radius 1 is 1.00 bits per heavy atom. The molecule has 1 unspecified atom stereocenters. The molecule has 0 aliphatic heterocycles. The summed E-state index contributed by atoms with van der Waals surface area (Å²) in [5, 5.41) is 8.62. The maximum atomic E-state index is 11.3. The van der Waals surface area contributed by atoms with Gasteiger partial charge in [-0.05, 0) is 16.7 Å². The quantitative estimate of drug-likeness (QED) is 0.764. The van der Waals surface area contributed by atoms with E-state index in [4.69, 9.17) is 5.26 Å². The topological polar surface area (TPSA) is 40.9 Å². The van der Waals surface area contributed by atoms with E-state index in [9.17, 15) is 4.79 Å². The summed E-state index contributed by atoms with van der Waals surface area (Å²) in [6.07, 6.45) is 1.35. The number of hydrogen-bond donors (Lipinski definition) is 0. The standard InChI is InChI=1S/C16H13NO/c17-11-10-13-6-8-15(9-7-13)16(12-18)14-4-2-1-3-5-14/h1-9,12,16H,10H2. The Bertz CT molecular complexity index is 552. The Balaban J connectivity index is 2.29. The number of nitrogens with zero attached hydrogens (tertiary/aromatic N) is 1. The lowest BCUT2D eigenvalue weighted by molar-refractivity contribution is -0.108. The van der Waals surface area contributed by atoms with Crippen molar-refractivity contribution in [3.63, 3.8) is 0 Å². The molecule has 18 heavy (non-hydrogen) atoms. The zero-order valence-electron chi connectivity index (χ0n) is 9.91. The van der Waals surface area contributed by atoms with Crippen molar-refractivity contribution in [2.24, 2.45) is 0 Å². The van der Waals surface area contributed by atoms with Crippen LogP contribution in [0.25, 0.3) is 0 Å². The van der Waals surface area contributed by atoms with Crippen molar-refractivity contribution in [1.82, 2.24) is 0 Å². The first-order valence-corrected chi connectivity index (χ1v) is 5.81. The monoisotopic (exact) mass is 235 g/mol. The third-order valence-corrected chi connectivity index (χ3v) is 2.92. The van der Waals surface area contributed by atoms with Crippen molar-refractivity contribution >= 4 is 6.29 Å². The van der Waals surface area contributed by atoms with E-state index in [2.05, 4.69) is 6.07 Å². The Kier molecular flexibility index (Phi) is 3.88. The molecular weight excluding hydrogens is 222 g/mol. The van der Waals surface area contributed by atoms with Crippen LogP contribution in [0.1, 0.15) is 22.6 Å². The first-order chi connectivity index (χ1) is 8.85. The van der Waals surface area contributed by atoms with E-state index in [1.54, 1.807) is 0 Å². The number of rotatable bonds is 4. The molecule has 0 bridgehead atoms. The molecule has 0 spiro atoms. The lowest BCUT2D eigenvalue weighted by Gasteiger charge is -2.11. The van der Waals surface area contributed by atoms with E-state index in [1.165, 1.54) is 0 Å². The minimum atomic E-state index is -0.234. The van der Waals surface area contributed by atoms with Crippen LogP contribution in [0.4, 0.5) is 0 Å². The highest BCUT2D eigenvalue weighted by Gasteiger charge is 2.12. The van der Waals surface area contributed by atoms with Crippen LogP contribution in [0.3, 0.4) is 0 Å². The first-order valence-electron chi connectivity index (χ1n) is 5.81. The van der Waals surface area contributed by atoms with E-state index in [0.29, 0.717) is 6.42 Å². The number of hydrogen-bond acceptors (Lipinski definition) is 2. The summed E-state index contributed by atoms with van der Waals surface area (Å²) in [7, 11) is 0. The van der Waals surface area contributed by atoms with E-state index < -0.39 is 0 Å². The predicted molar refractivity (Wildman–Crippen MR) is 70.1 cm³/mol. The zero-order valence-corrected chi connectivity index (χ0v) is 9.91. The number of carbonyl (C=O) groups is 1. The highest BCUT2D eigenvalue weighted by Crippen LogP contribution is 2.22. The van der Waals surface area contributed by atoms with Crippen molar-refractivity contribution in [3.8, 4) is 6.07 Å². The van der Waals surface area contributed by atoms with E-state index >= 15 is 0 Å². The predicted octanol–water partition coefficient (Wildman–Crippen LogP) is 3.08. The van der Waals surface area contributed by atoms with Crippen molar-refractivity contribution < 1.29 is 4.79 Å². The molecule has 0 N–H and O–H groups in total. The van der Waals surface area contributed by atoms with Crippen LogP contribution in [0.2, 0.25) is 0 Å². The average molecular weight is 235 g/mol. The second kappa shape index (κ2) is 5.79. The van der Waals surface area contributed by atoms with Crippen LogP contribution in [0.5, 0.6) is 0 Å². The van der Waals surface area contributed by atoms with E-state index in [-0.39, 0.29) is 5.92 Å². The number of carbonyl (C=O) groups excluding carboxylic acids is 1. The zero-order chi connectivity index (χ0) is 12.8. The fourth-order valence-electron chi connectivity index (χ4n) is 1.94. The molecule has 2 aromatic carbocycles. The van der Waals surface area contributed by atoms with Crippen LogP contribution in [0.15, 0.2) is 54.6 Å². The van der Waals surface area contributed by atoms with Crippen LogP contribution in [0, 0.1) is 11.3 Å². The summed E-state index contributed by atoms with van der Waals surface area (Å²) in [4.78, 5) is 11.3. The van der Waals surface area contributed by atoms with Gasteiger partial charge in [0.2, 0.25) is 0 Å². The fourth-order valence-corrected chi connectivity index (χ4v) is 1.94. The lowest BCUT2D eigenvalue weighted by Crippen LogP contribution is -2.02. The van der Waals surface area contributed by atoms with Gasteiger partial charge in [0.15, 0.2) is 0 Å². The van der Waals surface area contributed by atoms with Gasteiger partial charge in [0, 0.05) is 0 Å². The van der Waals surface area contributed by atoms with Crippen LogP contribution in [-0.2, 0) is 11.2 Å². The maximum Gasteiger partial charge on any atom is 0.131 e. The fraction of sp³-hybridized carbons (Fsp3) is 0.125. The van der Waals surface area contributed by atoms with Gasteiger partial charge in [-0.25, -0.2) is 0 Å². The van der Waals surface area contributed by atoms with Gasteiger partial charge in [0.05, 0.1) is 18.4 Å². The summed E-state index contributed by atoms with van der Waals surface area (Å²) in [5.74, 6) is -0.234.